The molecule has 0 bridgehead atoms. The molecule has 192 valence electrons. The Kier molecular flexibility index (Phi) is 8.03. The number of nitrogens with one attached hydrogen (secondary N) is 1. The molecule has 0 radical (unpaired) electrons. The van der Waals surface area contributed by atoms with E-state index in [1.165, 1.54) is 17.2 Å². The molecule has 0 amide bonds. The fraction of sp³-hybridized carbons (Fsp3) is 0.762. The topological polar surface area (TPSA) is 172 Å². The van der Waals surface area contributed by atoms with Gasteiger partial charge in [-0.1, -0.05) is 27.7 Å². The van der Waals surface area contributed by atoms with Crippen LogP contribution in [0.3, 0.4) is 0 Å². The van der Waals surface area contributed by atoms with E-state index >= 15 is 0 Å². The molecule has 1 fully saturated rings. The fourth-order valence-corrected chi connectivity index (χ4v) is 6.24. The smallest absolute Gasteiger partial charge is 0.359 e. The summed E-state index contributed by atoms with van der Waals surface area (Å²) in [7, 11) is -2.75. The van der Waals surface area contributed by atoms with Gasteiger partial charge < -0.3 is 30.3 Å². The third kappa shape index (κ3) is 4.60. The van der Waals surface area contributed by atoms with E-state index in [2.05, 4.69) is 20.3 Å². The summed E-state index contributed by atoms with van der Waals surface area (Å²) in [6, 6.07) is 0. The van der Waals surface area contributed by atoms with Gasteiger partial charge in [-0.05, 0) is 25.7 Å². The number of hydrogen-bond donors (Lipinski definition) is 5. The Labute approximate surface area is 198 Å². The number of hydrogen-bond acceptors (Lipinski definition) is 10. The summed E-state index contributed by atoms with van der Waals surface area (Å²) < 4.78 is 26.5. The number of anilines is 1. The van der Waals surface area contributed by atoms with Crippen LogP contribution in [-0.4, -0.2) is 76.0 Å². The second kappa shape index (κ2) is 10.1. The molecule has 5 atom stereocenters. The van der Waals surface area contributed by atoms with Crippen LogP contribution in [0.15, 0.2) is 12.7 Å². The van der Waals surface area contributed by atoms with E-state index < -0.39 is 43.1 Å². The maximum Gasteiger partial charge on any atom is 0.359 e. The molecule has 1 aliphatic rings. The largest absolute Gasteiger partial charge is 0.388 e. The molecule has 5 N–H and O–H groups in total. The summed E-state index contributed by atoms with van der Waals surface area (Å²) in [6.07, 6.45) is -0.870. The summed E-state index contributed by atoms with van der Waals surface area (Å²) in [6.45, 7) is 6.85. The molecule has 1 saturated heterocycles. The van der Waals surface area contributed by atoms with E-state index in [0.717, 1.165) is 0 Å². The van der Waals surface area contributed by atoms with Crippen LogP contribution in [-0.2, 0) is 13.8 Å². The lowest BCUT2D eigenvalue weighted by Gasteiger charge is -2.40. The highest BCUT2D eigenvalue weighted by Gasteiger charge is 2.52. The van der Waals surface area contributed by atoms with E-state index in [4.69, 9.17) is 9.26 Å². The molecule has 2 aromatic rings. The molecule has 0 spiro atoms. The van der Waals surface area contributed by atoms with Crippen molar-refractivity contribution in [3.8, 4) is 0 Å². The monoisotopic (exact) mass is 501 g/mol. The van der Waals surface area contributed by atoms with Crippen molar-refractivity contribution < 1.29 is 34.0 Å². The zero-order chi connectivity index (χ0) is 25.3. The van der Waals surface area contributed by atoms with E-state index in [9.17, 15) is 24.8 Å². The first-order valence-electron chi connectivity index (χ1n) is 11.6. The lowest BCUT2D eigenvalue weighted by molar-refractivity contribution is -0.0761. The Bertz CT molecular complexity index is 1030. The quantitative estimate of drug-likeness (QED) is 0.286. The van der Waals surface area contributed by atoms with Gasteiger partial charge in [-0.2, -0.15) is 0 Å². The van der Waals surface area contributed by atoms with Crippen molar-refractivity contribution in [2.24, 2.45) is 0 Å². The van der Waals surface area contributed by atoms with Crippen molar-refractivity contribution >= 4 is 24.6 Å². The van der Waals surface area contributed by atoms with Crippen molar-refractivity contribution in [1.82, 2.24) is 19.5 Å². The number of imidazole rings is 1. The molecule has 34 heavy (non-hydrogen) atoms. The van der Waals surface area contributed by atoms with Gasteiger partial charge in [0.2, 0.25) is 0 Å². The number of nitrogens with zero attached hydrogens (tertiary/aromatic N) is 4. The first-order chi connectivity index (χ1) is 16.0. The number of aromatic nitrogens is 4. The molecule has 1 aliphatic heterocycles. The summed E-state index contributed by atoms with van der Waals surface area (Å²) in [5.41, 5.74) is -0.264. The Balaban J connectivity index is 1.88. The van der Waals surface area contributed by atoms with E-state index in [1.54, 1.807) is 34.7 Å². The second-order valence-electron chi connectivity index (χ2n) is 8.74. The standard InChI is InChI=1S/C21H36N5O7P/c1-6-20(7-2,33-34(30,31)21(29,8-3)9-4)10-13-15(27)16(28)19(32-13)26-12-25-14-17(22-5)23-11-24-18(14)26/h11-13,15-16,19,27-29H,6-10H2,1-5H3,(H,30,31)(H,22,23,24)/t13?,15-,16?,19?/m1/s1. The molecule has 0 aliphatic carbocycles. The van der Waals surface area contributed by atoms with Gasteiger partial charge in [0.25, 0.3) is 0 Å². The van der Waals surface area contributed by atoms with Gasteiger partial charge in [0.1, 0.15) is 24.1 Å². The van der Waals surface area contributed by atoms with Gasteiger partial charge in [-0.15, -0.1) is 0 Å². The van der Waals surface area contributed by atoms with Gasteiger partial charge >= 0.3 is 7.60 Å². The van der Waals surface area contributed by atoms with Crippen LogP contribution >= 0.6 is 7.60 Å². The van der Waals surface area contributed by atoms with Crippen molar-refractivity contribution in [2.75, 3.05) is 12.4 Å². The molecule has 12 nitrogen and oxygen atoms in total. The van der Waals surface area contributed by atoms with Crippen molar-refractivity contribution in [3.63, 3.8) is 0 Å². The molecular weight excluding hydrogens is 465 g/mol. The lowest BCUT2D eigenvalue weighted by atomic mass is 9.88. The zero-order valence-corrected chi connectivity index (χ0v) is 21.1. The number of aliphatic hydroxyl groups excluding tert-OH is 2. The number of rotatable bonds is 11. The van der Waals surface area contributed by atoms with Crippen molar-refractivity contribution in [3.05, 3.63) is 12.7 Å². The first kappa shape index (κ1) is 26.9. The maximum absolute atomic E-state index is 13.1. The molecule has 2 aromatic heterocycles. The molecule has 0 saturated carbocycles. The molecule has 3 heterocycles. The highest BCUT2D eigenvalue weighted by molar-refractivity contribution is 7.54. The SMILES string of the molecule is CCC(CC)(CC1OC(n2cnc3c(NC)ncnc32)C(O)[C@@H]1O)OP(=O)(O)C(O)(CC)CC. The first-order valence-corrected chi connectivity index (χ1v) is 13.2. The van der Waals surface area contributed by atoms with Crippen LogP contribution in [0.1, 0.15) is 66.0 Å². The zero-order valence-electron chi connectivity index (χ0n) is 20.2. The van der Waals surface area contributed by atoms with Crippen LogP contribution in [0.4, 0.5) is 5.82 Å². The van der Waals surface area contributed by atoms with Crippen molar-refractivity contribution in [1.29, 1.82) is 0 Å². The van der Waals surface area contributed by atoms with E-state index in [1.807, 2.05) is 0 Å². The Morgan fingerprint density at radius 1 is 1.12 bits per heavy atom. The molecule has 4 unspecified atom stereocenters. The van der Waals surface area contributed by atoms with Crippen LogP contribution in [0.5, 0.6) is 0 Å². The minimum Gasteiger partial charge on any atom is -0.388 e. The van der Waals surface area contributed by atoms with Crippen LogP contribution in [0.2, 0.25) is 0 Å². The predicted octanol–water partition coefficient (Wildman–Crippen LogP) is 2.15. The average molecular weight is 502 g/mol. The highest BCUT2D eigenvalue weighted by Crippen LogP contribution is 2.61. The number of aliphatic hydroxyl groups is 3. The third-order valence-electron chi connectivity index (χ3n) is 7.04. The summed E-state index contributed by atoms with van der Waals surface area (Å²) >= 11 is 0. The lowest BCUT2D eigenvalue weighted by Crippen LogP contribution is -2.42. The molecular formula is C21H36N5O7P. The second-order valence-corrected chi connectivity index (χ2v) is 10.8. The predicted molar refractivity (Wildman–Crippen MR) is 125 cm³/mol. The van der Waals surface area contributed by atoms with E-state index in [0.29, 0.717) is 29.8 Å². The fourth-order valence-electron chi connectivity index (χ4n) is 4.42. The van der Waals surface area contributed by atoms with Gasteiger partial charge in [0.15, 0.2) is 23.0 Å². The van der Waals surface area contributed by atoms with Gasteiger partial charge in [-0.3, -0.25) is 13.7 Å². The minimum absolute atomic E-state index is 0.0339. The third-order valence-corrected chi connectivity index (χ3v) is 9.36. The summed E-state index contributed by atoms with van der Waals surface area (Å²) in [5, 5.41) is 33.4. The number of ether oxygens (including phenoxy) is 1. The van der Waals surface area contributed by atoms with Gasteiger partial charge in [0, 0.05) is 13.5 Å². The van der Waals surface area contributed by atoms with Gasteiger partial charge in [-0.25, -0.2) is 15.0 Å². The van der Waals surface area contributed by atoms with Crippen LogP contribution in [0.25, 0.3) is 11.2 Å². The summed E-state index contributed by atoms with van der Waals surface area (Å²) in [4.78, 5) is 23.3. The van der Waals surface area contributed by atoms with Crippen LogP contribution < -0.4 is 5.32 Å². The minimum atomic E-state index is -4.45. The summed E-state index contributed by atoms with van der Waals surface area (Å²) in [5.74, 6) is 0.510. The molecule has 3 rings (SSSR count). The Morgan fingerprint density at radius 2 is 1.76 bits per heavy atom. The highest BCUT2D eigenvalue weighted by atomic mass is 31.2. The normalized spacial score (nSPS) is 25.6. The molecule has 0 aromatic carbocycles. The van der Waals surface area contributed by atoms with Crippen LogP contribution in [0, 0.1) is 0 Å². The Hall–Kier alpha value is -1.66. The molecule has 13 heteroatoms. The van der Waals surface area contributed by atoms with Crippen molar-refractivity contribution in [2.45, 2.75) is 95.3 Å². The van der Waals surface area contributed by atoms with E-state index in [-0.39, 0.29) is 19.3 Å². The van der Waals surface area contributed by atoms with Gasteiger partial charge in [0.05, 0.1) is 18.0 Å². The Morgan fingerprint density at radius 3 is 2.32 bits per heavy atom. The average Bonchev–Trinajstić information content (AvgIpc) is 3.38. The maximum atomic E-state index is 13.1. The number of fused-ring (bicyclic) bond motifs is 1.